The van der Waals surface area contributed by atoms with Crippen LogP contribution in [0.2, 0.25) is 0 Å². The first-order valence-corrected chi connectivity index (χ1v) is 14.9. The van der Waals surface area contributed by atoms with Crippen molar-refractivity contribution >= 4 is 40.0 Å². The maximum atomic E-state index is 13.8. The first-order chi connectivity index (χ1) is 20.8. The Hall–Kier alpha value is -4.15. The van der Waals surface area contributed by atoms with Gasteiger partial charge in [-0.1, -0.05) is 49.4 Å². The van der Waals surface area contributed by atoms with Gasteiger partial charge in [0.2, 0.25) is 5.91 Å². The van der Waals surface area contributed by atoms with Crippen molar-refractivity contribution < 1.29 is 29.0 Å². The van der Waals surface area contributed by atoms with E-state index in [4.69, 9.17) is 9.47 Å². The molecule has 3 atom stereocenters. The molecule has 3 N–H and O–H groups in total. The number of rotatable bonds is 7. The van der Waals surface area contributed by atoms with Gasteiger partial charge >= 0.3 is 6.03 Å². The highest BCUT2D eigenvalue weighted by molar-refractivity contribution is 6.03. The lowest BCUT2D eigenvalue weighted by Gasteiger charge is -2.38. The Morgan fingerprint density at radius 1 is 1.02 bits per heavy atom. The SMILES string of the molecule is C[C@H]1CN([C@@H](C)CO)C(=O)c2cccc(NC(=O)C3CCOCC3)c2O[C@H]1CN(C)C(=O)Nc1cccc2ccccc12. The number of benzene rings is 3. The second-order valence-electron chi connectivity index (χ2n) is 11.5. The van der Waals surface area contributed by atoms with Gasteiger partial charge in [-0.05, 0) is 43.4 Å². The highest BCUT2D eigenvalue weighted by atomic mass is 16.5. The van der Waals surface area contributed by atoms with E-state index >= 15 is 0 Å². The predicted octanol–water partition coefficient (Wildman–Crippen LogP) is 4.59. The Labute approximate surface area is 251 Å². The number of nitrogens with zero attached hydrogens (tertiary/aromatic N) is 2. The number of urea groups is 1. The molecule has 10 heteroatoms. The van der Waals surface area contributed by atoms with Gasteiger partial charge in [0.1, 0.15) is 6.10 Å². The summed E-state index contributed by atoms with van der Waals surface area (Å²) in [6.45, 7) is 5.15. The van der Waals surface area contributed by atoms with Gasteiger partial charge in [-0.25, -0.2) is 4.79 Å². The molecule has 228 valence electrons. The smallest absolute Gasteiger partial charge is 0.321 e. The Kier molecular flexibility index (Phi) is 9.47. The Balaban J connectivity index is 1.42. The highest BCUT2D eigenvalue weighted by Crippen LogP contribution is 2.35. The third-order valence-electron chi connectivity index (χ3n) is 8.37. The molecule has 0 aliphatic carbocycles. The standard InChI is InChI=1S/C33H40N4O6/c1-21-18-37(22(2)20-38)32(40)26-11-7-13-28(34-31(39)24-14-16-42-17-15-24)30(26)43-29(21)19-36(3)33(41)35-27-12-6-9-23-8-4-5-10-25(23)27/h4-13,21-22,24,29,38H,14-20H2,1-3H3,(H,34,39)(H,35,41)/t21-,22-,29-/m0/s1. The number of anilines is 2. The summed E-state index contributed by atoms with van der Waals surface area (Å²) in [6, 6.07) is 18.0. The van der Waals surface area contributed by atoms with Crippen LogP contribution in [-0.2, 0) is 9.53 Å². The number of carbonyl (C=O) groups excluding carboxylic acids is 3. The molecule has 3 aromatic rings. The zero-order valence-electron chi connectivity index (χ0n) is 24.9. The lowest BCUT2D eigenvalue weighted by Crippen LogP contribution is -2.50. The molecule has 5 rings (SSSR count). The first kappa shape index (κ1) is 30.3. The third kappa shape index (κ3) is 6.76. The van der Waals surface area contributed by atoms with Crippen molar-refractivity contribution in [1.82, 2.24) is 9.80 Å². The lowest BCUT2D eigenvalue weighted by atomic mass is 9.98. The van der Waals surface area contributed by atoms with Crippen molar-refractivity contribution in [1.29, 1.82) is 0 Å². The molecule has 1 saturated heterocycles. The van der Waals surface area contributed by atoms with E-state index in [0.717, 1.165) is 10.8 Å². The molecule has 2 heterocycles. The summed E-state index contributed by atoms with van der Waals surface area (Å²) in [5, 5.41) is 17.9. The molecular weight excluding hydrogens is 548 g/mol. The number of aliphatic hydroxyl groups excluding tert-OH is 1. The van der Waals surface area contributed by atoms with E-state index in [9.17, 15) is 19.5 Å². The summed E-state index contributed by atoms with van der Waals surface area (Å²) in [5.74, 6) is -0.573. The van der Waals surface area contributed by atoms with Crippen molar-refractivity contribution in [2.45, 2.75) is 38.8 Å². The Bertz CT molecular complexity index is 1470. The fraction of sp³-hybridized carbons (Fsp3) is 0.424. The molecule has 0 spiro atoms. The highest BCUT2D eigenvalue weighted by Gasteiger charge is 2.35. The lowest BCUT2D eigenvalue weighted by molar-refractivity contribution is -0.122. The monoisotopic (exact) mass is 588 g/mol. The number of ether oxygens (including phenoxy) is 2. The second-order valence-corrected chi connectivity index (χ2v) is 11.5. The van der Waals surface area contributed by atoms with Gasteiger partial charge in [0.05, 0.1) is 36.1 Å². The number of hydrogen-bond donors (Lipinski definition) is 3. The van der Waals surface area contributed by atoms with Crippen LogP contribution in [0.25, 0.3) is 10.8 Å². The second kappa shape index (κ2) is 13.4. The number of para-hydroxylation sites is 1. The molecule has 0 unspecified atom stereocenters. The van der Waals surface area contributed by atoms with Crippen LogP contribution in [-0.4, -0.2) is 84.9 Å². The molecule has 2 aliphatic heterocycles. The van der Waals surface area contributed by atoms with Crippen molar-refractivity contribution in [3.05, 3.63) is 66.2 Å². The number of nitrogens with one attached hydrogen (secondary N) is 2. The fourth-order valence-corrected chi connectivity index (χ4v) is 5.65. The van der Waals surface area contributed by atoms with E-state index in [1.54, 1.807) is 42.0 Å². The molecule has 0 saturated carbocycles. The van der Waals surface area contributed by atoms with Gasteiger partial charge in [0.15, 0.2) is 5.75 Å². The van der Waals surface area contributed by atoms with E-state index in [-0.39, 0.29) is 48.6 Å². The molecule has 0 radical (unpaired) electrons. The average Bonchev–Trinajstić information content (AvgIpc) is 3.03. The summed E-state index contributed by atoms with van der Waals surface area (Å²) in [6.07, 6.45) is 0.724. The van der Waals surface area contributed by atoms with Gasteiger partial charge in [0, 0.05) is 44.0 Å². The van der Waals surface area contributed by atoms with E-state index in [2.05, 4.69) is 10.6 Å². The third-order valence-corrected chi connectivity index (χ3v) is 8.37. The molecule has 0 bridgehead atoms. The van der Waals surface area contributed by atoms with E-state index < -0.39 is 12.1 Å². The number of carbonyl (C=O) groups is 3. The maximum Gasteiger partial charge on any atom is 0.321 e. The number of hydrogen-bond acceptors (Lipinski definition) is 6. The first-order valence-electron chi connectivity index (χ1n) is 14.9. The summed E-state index contributed by atoms with van der Waals surface area (Å²) < 4.78 is 12.0. The topological polar surface area (TPSA) is 120 Å². The zero-order valence-corrected chi connectivity index (χ0v) is 24.9. The minimum absolute atomic E-state index is 0.147. The van der Waals surface area contributed by atoms with Crippen molar-refractivity contribution in [3.8, 4) is 5.75 Å². The molecule has 1 fully saturated rings. The molecular formula is C33H40N4O6. The summed E-state index contributed by atoms with van der Waals surface area (Å²) in [7, 11) is 1.70. The summed E-state index contributed by atoms with van der Waals surface area (Å²) >= 11 is 0. The van der Waals surface area contributed by atoms with Crippen LogP contribution in [0, 0.1) is 11.8 Å². The molecule has 0 aromatic heterocycles. The number of likely N-dealkylation sites (N-methyl/N-ethyl adjacent to an activating group) is 1. The fourth-order valence-electron chi connectivity index (χ4n) is 5.65. The molecule has 2 aliphatic rings. The molecule has 4 amide bonds. The molecule has 10 nitrogen and oxygen atoms in total. The van der Waals surface area contributed by atoms with Crippen molar-refractivity contribution in [2.24, 2.45) is 11.8 Å². The summed E-state index contributed by atoms with van der Waals surface area (Å²) in [4.78, 5) is 43.5. The largest absolute Gasteiger partial charge is 0.485 e. The minimum Gasteiger partial charge on any atom is -0.485 e. The van der Waals surface area contributed by atoms with Crippen LogP contribution in [0.5, 0.6) is 5.75 Å². The van der Waals surface area contributed by atoms with Gasteiger partial charge < -0.3 is 35.0 Å². The summed E-state index contributed by atoms with van der Waals surface area (Å²) in [5.41, 5.74) is 1.41. The van der Waals surface area contributed by atoms with Crippen LogP contribution >= 0.6 is 0 Å². The quantitative estimate of drug-likeness (QED) is 0.372. The van der Waals surface area contributed by atoms with Crippen molar-refractivity contribution in [3.63, 3.8) is 0 Å². The van der Waals surface area contributed by atoms with E-state index in [1.807, 2.05) is 49.4 Å². The van der Waals surface area contributed by atoms with Crippen LogP contribution < -0.4 is 15.4 Å². The van der Waals surface area contributed by atoms with Gasteiger partial charge in [-0.2, -0.15) is 0 Å². The van der Waals surface area contributed by atoms with Gasteiger partial charge in [-0.15, -0.1) is 0 Å². The van der Waals surface area contributed by atoms with E-state index in [0.29, 0.717) is 49.5 Å². The Morgan fingerprint density at radius 3 is 2.49 bits per heavy atom. The normalized spacial score (nSPS) is 19.9. The van der Waals surface area contributed by atoms with Crippen LogP contribution in [0.4, 0.5) is 16.2 Å². The maximum absolute atomic E-state index is 13.8. The van der Waals surface area contributed by atoms with Crippen LogP contribution in [0.3, 0.4) is 0 Å². The van der Waals surface area contributed by atoms with E-state index in [1.165, 1.54) is 0 Å². The van der Waals surface area contributed by atoms with Crippen LogP contribution in [0.15, 0.2) is 60.7 Å². The number of aliphatic hydroxyl groups is 1. The minimum atomic E-state index is -0.523. The van der Waals surface area contributed by atoms with Gasteiger partial charge in [0.25, 0.3) is 5.91 Å². The number of fused-ring (bicyclic) bond motifs is 2. The van der Waals surface area contributed by atoms with Crippen LogP contribution in [0.1, 0.15) is 37.0 Å². The van der Waals surface area contributed by atoms with Crippen molar-refractivity contribution in [2.75, 3.05) is 50.6 Å². The molecule has 3 aromatic carbocycles. The Morgan fingerprint density at radius 2 is 1.72 bits per heavy atom. The predicted molar refractivity (Wildman–Crippen MR) is 165 cm³/mol. The number of amides is 4. The van der Waals surface area contributed by atoms with Gasteiger partial charge in [-0.3, -0.25) is 9.59 Å². The average molecular weight is 589 g/mol. The molecule has 43 heavy (non-hydrogen) atoms. The zero-order chi connectivity index (χ0) is 30.5.